The van der Waals surface area contributed by atoms with Crippen molar-refractivity contribution in [1.82, 2.24) is 19.6 Å². The third kappa shape index (κ3) is 6.59. The topological polar surface area (TPSA) is 130 Å². The Hall–Kier alpha value is -2.61. The quantitative estimate of drug-likeness (QED) is 0.301. The number of hydrogen-bond donors (Lipinski definition) is 1. The number of nitrogens with one attached hydrogen (secondary N) is 1. The van der Waals surface area contributed by atoms with Crippen LogP contribution in [0.2, 0.25) is 0 Å². The van der Waals surface area contributed by atoms with Gasteiger partial charge in [0, 0.05) is 6.54 Å². The zero-order valence-corrected chi connectivity index (χ0v) is 26.5. The summed E-state index contributed by atoms with van der Waals surface area (Å²) < 4.78 is 20.0. The number of carbonyl (C=O) groups excluding carboxylic acids is 3. The lowest BCUT2D eigenvalue weighted by molar-refractivity contribution is 0.0515. The number of hydrogen-bond acceptors (Lipinski definition) is 9. The highest BCUT2D eigenvalue weighted by Crippen LogP contribution is 2.39. The molecule has 0 bridgehead atoms. The molecule has 0 saturated heterocycles. The smallest absolute Gasteiger partial charge is 0.416 e. The Bertz CT molecular complexity index is 1220. The van der Waals surface area contributed by atoms with Crippen LogP contribution in [0.1, 0.15) is 94.1 Å². The summed E-state index contributed by atoms with van der Waals surface area (Å²) in [5, 5.41) is 11.9. The Balaban J connectivity index is 0.000000230. The normalized spacial score (nSPS) is 17.5. The van der Waals surface area contributed by atoms with Crippen molar-refractivity contribution in [1.29, 1.82) is 0 Å². The van der Waals surface area contributed by atoms with Crippen molar-refractivity contribution < 1.29 is 28.6 Å². The highest BCUT2D eigenvalue weighted by Gasteiger charge is 2.41. The second-order valence-corrected chi connectivity index (χ2v) is 11.4. The van der Waals surface area contributed by atoms with E-state index in [4.69, 9.17) is 14.2 Å². The number of rotatable bonds is 6. The van der Waals surface area contributed by atoms with Gasteiger partial charge in [-0.05, 0) is 79.3 Å². The standard InChI is InChI=1S/C15H22BrN3O4.C10H14BrN3O2/c1-6-9-8-18(14(21)23-15(3,4)5)12-10(13(20)22-7-2)11(16)17-19(9)12;1-3-6-5-12-9-7(10(15)16-4-2)8(11)13-14(6)9/h9H,6-8H2,1-5H3;6,12H,3-5H2,1-2H3/t9-;6-/m11/s1. The molecule has 216 valence electrons. The average molecular weight is 676 g/mol. The maximum atomic E-state index is 12.5. The first kappa shape index (κ1) is 30.9. The van der Waals surface area contributed by atoms with E-state index >= 15 is 0 Å². The molecule has 0 spiro atoms. The lowest BCUT2D eigenvalue weighted by atomic mass is 10.2. The molecule has 0 aliphatic carbocycles. The van der Waals surface area contributed by atoms with E-state index in [1.165, 1.54) is 4.90 Å². The van der Waals surface area contributed by atoms with E-state index in [0.29, 0.717) is 39.8 Å². The molecule has 4 rings (SSSR count). The number of anilines is 2. The molecule has 4 heterocycles. The number of amides is 1. The van der Waals surface area contributed by atoms with Gasteiger partial charge < -0.3 is 19.5 Å². The fourth-order valence-corrected chi connectivity index (χ4v) is 5.32. The Morgan fingerprint density at radius 1 is 0.897 bits per heavy atom. The number of fused-ring (bicyclic) bond motifs is 2. The molecule has 1 N–H and O–H groups in total. The summed E-state index contributed by atoms with van der Waals surface area (Å²) in [5.41, 5.74) is 0.138. The first-order valence-electron chi connectivity index (χ1n) is 13.0. The van der Waals surface area contributed by atoms with Crippen molar-refractivity contribution in [2.75, 3.05) is 36.5 Å². The van der Waals surface area contributed by atoms with Crippen LogP contribution in [0.15, 0.2) is 9.21 Å². The van der Waals surface area contributed by atoms with Gasteiger partial charge in [0.25, 0.3) is 0 Å². The van der Waals surface area contributed by atoms with Crippen molar-refractivity contribution in [3.63, 3.8) is 0 Å². The van der Waals surface area contributed by atoms with Crippen LogP contribution in [0.5, 0.6) is 0 Å². The molecule has 14 heteroatoms. The van der Waals surface area contributed by atoms with Gasteiger partial charge in [-0.15, -0.1) is 0 Å². The van der Waals surface area contributed by atoms with E-state index in [9.17, 15) is 14.4 Å². The van der Waals surface area contributed by atoms with Crippen LogP contribution in [-0.4, -0.2) is 69.5 Å². The largest absolute Gasteiger partial charge is 0.462 e. The summed E-state index contributed by atoms with van der Waals surface area (Å²) in [6.45, 7) is 14.9. The molecule has 0 aromatic carbocycles. The van der Waals surface area contributed by atoms with Gasteiger partial charge in [0.1, 0.15) is 31.8 Å². The first-order valence-corrected chi connectivity index (χ1v) is 14.6. The number of carbonyl (C=O) groups is 3. The predicted octanol–water partition coefficient (Wildman–Crippen LogP) is 5.73. The van der Waals surface area contributed by atoms with Crippen LogP contribution in [0.25, 0.3) is 0 Å². The fourth-order valence-electron chi connectivity index (χ4n) is 4.29. The molecular weight excluding hydrogens is 640 g/mol. The zero-order chi connectivity index (χ0) is 29.1. The van der Waals surface area contributed by atoms with Gasteiger partial charge in [-0.1, -0.05) is 13.8 Å². The van der Waals surface area contributed by atoms with Crippen LogP contribution < -0.4 is 10.2 Å². The van der Waals surface area contributed by atoms with E-state index in [1.54, 1.807) is 39.3 Å². The predicted molar refractivity (Wildman–Crippen MR) is 152 cm³/mol. The van der Waals surface area contributed by atoms with Gasteiger partial charge in [0.15, 0.2) is 5.82 Å². The molecule has 2 atom stereocenters. The molecule has 1 amide bonds. The molecule has 2 aliphatic heterocycles. The zero-order valence-electron chi connectivity index (χ0n) is 23.3. The molecule has 2 aromatic heterocycles. The summed E-state index contributed by atoms with van der Waals surface area (Å²) >= 11 is 6.59. The molecular formula is C25H36Br2N6O6. The van der Waals surface area contributed by atoms with E-state index in [0.717, 1.165) is 25.2 Å². The first-order chi connectivity index (χ1) is 18.4. The molecule has 0 saturated carbocycles. The van der Waals surface area contributed by atoms with Crippen molar-refractivity contribution in [3.05, 3.63) is 20.3 Å². The van der Waals surface area contributed by atoms with Crippen LogP contribution in [-0.2, 0) is 14.2 Å². The summed E-state index contributed by atoms with van der Waals surface area (Å²) in [6, 6.07) is 0.312. The van der Waals surface area contributed by atoms with E-state index in [2.05, 4.69) is 54.3 Å². The highest BCUT2D eigenvalue weighted by molar-refractivity contribution is 9.10. The third-order valence-electron chi connectivity index (χ3n) is 6.07. The summed E-state index contributed by atoms with van der Waals surface area (Å²) in [4.78, 5) is 38.0. The van der Waals surface area contributed by atoms with Gasteiger partial charge in [0.05, 0.1) is 31.8 Å². The van der Waals surface area contributed by atoms with Crippen LogP contribution in [0.4, 0.5) is 16.4 Å². The Morgan fingerprint density at radius 3 is 1.97 bits per heavy atom. The number of nitrogens with zero attached hydrogens (tertiary/aromatic N) is 5. The SMILES string of the molecule is CCOC(=O)c1c(Br)nn2c1N(C(=O)OC(C)(C)C)C[C@H]2CC.CCOC(=O)c1c(Br)nn2c1NC[C@H]2CC. The molecule has 0 unspecified atom stereocenters. The number of halogens is 2. The second kappa shape index (κ2) is 12.7. The number of esters is 2. The van der Waals surface area contributed by atoms with E-state index in [-0.39, 0.29) is 24.2 Å². The Kier molecular flexibility index (Phi) is 10.1. The lowest BCUT2D eigenvalue weighted by Crippen LogP contribution is -2.36. The maximum absolute atomic E-state index is 12.5. The van der Waals surface area contributed by atoms with Gasteiger partial charge in [-0.25, -0.2) is 23.7 Å². The van der Waals surface area contributed by atoms with Crippen molar-refractivity contribution in [2.45, 2.75) is 79.0 Å². The van der Waals surface area contributed by atoms with Crippen molar-refractivity contribution >= 4 is 61.5 Å². The molecule has 0 radical (unpaired) electrons. The lowest BCUT2D eigenvalue weighted by Gasteiger charge is -2.24. The van der Waals surface area contributed by atoms with Crippen LogP contribution in [0, 0.1) is 0 Å². The molecule has 12 nitrogen and oxygen atoms in total. The average Bonchev–Trinajstić information content (AvgIpc) is 3.57. The molecule has 2 aromatic rings. The summed E-state index contributed by atoms with van der Waals surface area (Å²) in [6.07, 6.45) is 1.27. The Labute approximate surface area is 245 Å². The summed E-state index contributed by atoms with van der Waals surface area (Å²) in [7, 11) is 0. The van der Waals surface area contributed by atoms with Crippen molar-refractivity contribution in [3.8, 4) is 0 Å². The van der Waals surface area contributed by atoms with Gasteiger partial charge in [-0.2, -0.15) is 10.2 Å². The van der Waals surface area contributed by atoms with Gasteiger partial charge in [0.2, 0.25) is 0 Å². The maximum Gasteiger partial charge on any atom is 0.416 e. The minimum atomic E-state index is -0.618. The minimum Gasteiger partial charge on any atom is -0.462 e. The fraction of sp³-hybridized carbons (Fsp3) is 0.640. The second-order valence-electron chi connectivity index (χ2n) is 9.93. The van der Waals surface area contributed by atoms with Crippen molar-refractivity contribution in [2.24, 2.45) is 0 Å². The monoisotopic (exact) mass is 674 g/mol. The number of ether oxygens (including phenoxy) is 3. The molecule has 0 fully saturated rings. The minimum absolute atomic E-state index is 0.00278. The Morgan fingerprint density at radius 2 is 1.44 bits per heavy atom. The molecule has 2 aliphatic rings. The van der Waals surface area contributed by atoms with Gasteiger partial charge >= 0.3 is 18.0 Å². The van der Waals surface area contributed by atoms with Gasteiger partial charge in [-0.3, -0.25) is 4.90 Å². The third-order valence-corrected chi connectivity index (χ3v) is 7.18. The summed E-state index contributed by atoms with van der Waals surface area (Å²) in [5.74, 6) is 0.347. The van der Waals surface area contributed by atoms with Crippen LogP contribution >= 0.6 is 31.9 Å². The molecule has 39 heavy (non-hydrogen) atoms. The number of aromatic nitrogens is 4. The van der Waals surface area contributed by atoms with E-state index in [1.807, 2.05) is 11.6 Å². The highest BCUT2D eigenvalue weighted by atomic mass is 79.9. The van der Waals surface area contributed by atoms with Crippen LogP contribution in [0.3, 0.4) is 0 Å². The van der Waals surface area contributed by atoms with E-state index < -0.39 is 17.7 Å².